The minimum atomic E-state index is -3.99. The van der Waals surface area contributed by atoms with Gasteiger partial charge < -0.3 is 13.7 Å². The van der Waals surface area contributed by atoms with Crippen LogP contribution in [0.5, 0.6) is 11.5 Å². The van der Waals surface area contributed by atoms with Crippen molar-refractivity contribution in [2.75, 3.05) is 13.4 Å². The van der Waals surface area contributed by atoms with Crippen molar-refractivity contribution in [3.05, 3.63) is 39.6 Å². The molecule has 0 N–H and O–H groups in total. The molecule has 0 radical (unpaired) electrons. The first kappa shape index (κ1) is 19.8. The molecule has 0 saturated heterocycles. The number of ketones is 1. The Morgan fingerprint density at radius 3 is 2.54 bits per heavy atom. The van der Waals surface area contributed by atoms with Crippen LogP contribution in [-0.2, 0) is 19.6 Å². The summed E-state index contributed by atoms with van der Waals surface area (Å²) in [6.07, 6.45) is 4.04. The summed E-state index contributed by atoms with van der Waals surface area (Å²) in [5.41, 5.74) is -1.24. The van der Waals surface area contributed by atoms with E-state index in [1.165, 1.54) is 6.08 Å². The van der Waals surface area contributed by atoms with Crippen LogP contribution in [0.15, 0.2) is 24.0 Å². The molecule has 10 nitrogen and oxygen atoms in total. The van der Waals surface area contributed by atoms with Gasteiger partial charge in [-0.2, -0.15) is 8.42 Å². The van der Waals surface area contributed by atoms with Gasteiger partial charge in [-0.15, -0.1) is 0 Å². The summed E-state index contributed by atoms with van der Waals surface area (Å²) in [4.78, 5) is 35.2. The van der Waals surface area contributed by atoms with Gasteiger partial charge in [-0.05, 0) is 31.4 Å². The molecule has 11 heteroatoms. The molecule has 0 heterocycles. The van der Waals surface area contributed by atoms with Gasteiger partial charge in [0, 0.05) is 17.9 Å². The van der Waals surface area contributed by atoms with E-state index in [2.05, 4.69) is 4.18 Å². The summed E-state index contributed by atoms with van der Waals surface area (Å²) in [5.74, 6) is -2.08. The number of carbonyl (C=O) groups excluding carboxylic acids is 2. The minimum Gasteiger partial charge on any atom is -0.488 e. The van der Waals surface area contributed by atoms with Crippen LogP contribution in [0.3, 0.4) is 0 Å². The third-order valence-electron chi connectivity index (χ3n) is 4.68. The van der Waals surface area contributed by atoms with Crippen LogP contribution < -0.4 is 8.92 Å². The normalized spacial score (nSPS) is 21.1. The molecular weight excluding hydrogens is 394 g/mol. The van der Waals surface area contributed by atoms with E-state index in [-0.39, 0.29) is 23.4 Å². The second-order valence-corrected chi connectivity index (χ2v) is 8.16. The molecule has 1 fully saturated rings. The van der Waals surface area contributed by atoms with Crippen LogP contribution >= 0.6 is 0 Å². The van der Waals surface area contributed by atoms with Crippen molar-refractivity contribution >= 4 is 27.6 Å². The second kappa shape index (κ2) is 7.23. The van der Waals surface area contributed by atoms with E-state index in [1.54, 1.807) is 0 Å². The van der Waals surface area contributed by atoms with Gasteiger partial charge >= 0.3 is 21.8 Å². The maximum absolute atomic E-state index is 12.6. The number of nitrogens with zero attached hydrogens (tertiary/aromatic N) is 1. The Bertz CT molecular complexity index is 996. The lowest BCUT2D eigenvalue weighted by molar-refractivity contribution is -0.386. The van der Waals surface area contributed by atoms with Crippen molar-refractivity contribution in [3.63, 3.8) is 0 Å². The lowest BCUT2D eigenvalue weighted by atomic mass is 9.93. The molecule has 1 aromatic carbocycles. The molecule has 2 atom stereocenters. The van der Waals surface area contributed by atoms with Crippen molar-refractivity contribution in [2.24, 2.45) is 11.8 Å². The van der Waals surface area contributed by atoms with Gasteiger partial charge in [-0.1, -0.05) is 0 Å². The Hall–Kier alpha value is -2.95. The maximum atomic E-state index is 12.6. The van der Waals surface area contributed by atoms with Crippen LogP contribution in [0, 0.1) is 22.0 Å². The molecule has 0 aromatic heterocycles. The van der Waals surface area contributed by atoms with Gasteiger partial charge in [0.1, 0.15) is 11.3 Å². The summed E-state index contributed by atoms with van der Waals surface area (Å²) in [7, 11) is -2.91. The second-order valence-electron chi connectivity index (χ2n) is 6.58. The number of fused-ring (bicyclic) bond motifs is 2. The van der Waals surface area contributed by atoms with Crippen molar-refractivity contribution in [1.82, 2.24) is 0 Å². The smallest absolute Gasteiger partial charge is 0.350 e. The van der Waals surface area contributed by atoms with E-state index in [9.17, 15) is 28.1 Å². The molecule has 0 amide bonds. The third kappa shape index (κ3) is 3.84. The molecule has 28 heavy (non-hydrogen) atoms. The van der Waals surface area contributed by atoms with Gasteiger partial charge in [0.05, 0.1) is 18.3 Å². The largest absolute Gasteiger partial charge is 0.488 e. The number of hydrogen-bond donors (Lipinski definition) is 0. The van der Waals surface area contributed by atoms with Crippen LogP contribution in [0.25, 0.3) is 0 Å². The lowest BCUT2D eigenvalue weighted by Crippen LogP contribution is -2.20. The molecule has 2 aliphatic carbocycles. The predicted molar refractivity (Wildman–Crippen MR) is 94.5 cm³/mol. The van der Waals surface area contributed by atoms with Gasteiger partial charge in [-0.25, -0.2) is 4.79 Å². The highest BCUT2D eigenvalue weighted by Gasteiger charge is 2.39. The molecular formula is C17H17NO9S. The van der Waals surface area contributed by atoms with Crippen LogP contribution in [0.2, 0.25) is 0 Å². The summed E-state index contributed by atoms with van der Waals surface area (Å²) in [5, 5.41) is 11.5. The Morgan fingerprint density at radius 2 is 1.93 bits per heavy atom. The molecule has 2 bridgehead atoms. The monoisotopic (exact) mass is 411 g/mol. The van der Waals surface area contributed by atoms with Crippen molar-refractivity contribution in [3.8, 4) is 11.5 Å². The van der Waals surface area contributed by atoms with Crippen molar-refractivity contribution < 1.29 is 36.6 Å². The highest BCUT2D eigenvalue weighted by Crippen LogP contribution is 2.43. The highest BCUT2D eigenvalue weighted by molar-refractivity contribution is 7.86. The van der Waals surface area contributed by atoms with Crippen LogP contribution in [0.4, 0.5) is 5.69 Å². The zero-order chi connectivity index (χ0) is 20.6. The summed E-state index contributed by atoms with van der Waals surface area (Å²) in [6.45, 7) is 0. The Kier molecular flexibility index (Phi) is 5.11. The first-order valence-electron chi connectivity index (χ1n) is 8.33. The average molecular weight is 411 g/mol. The van der Waals surface area contributed by atoms with Crippen LogP contribution in [0.1, 0.15) is 29.6 Å². The molecule has 150 valence electrons. The number of nitro groups is 1. The fraction of sp³-hybridized carbons (Fsp3) is 0.412. The number of benzene rings is 1. The molecule has 1 saturated carbocycles. The van der Waals surface area contributed by atoms with E-state index in [4.69, 9.17) is 9.47 Å². The number of allylic oxidation sites excluding steroid dienone is 2. The van der Waals surface area contributed by atoms with Gasteiger partial charge in [-0.3, -0.25) is 14.9 Å². The summed E-state index contributed by atoms with van der Waals surface area (Å²) >= 11 is 0. The molecule has 0 spiro atoms. The van der Waals surface area contributed by atoms with Crippen molar-refractivity contribution in [1.29, 1.82) is 0 Å². The molecule has 2 aliphatic rings. The Balaban J connectivity index is 1.98. The standard InChI is InChI=1S/C17H17NO9S/c1-25-16-13(27-28(2,23)24)6-5-11(15(16)18(21)22)17(20)26-14-8-12(19)9-3-4-10(14)7-9/h5-6,8-10H,3-4,7H2,1-2H3. The van der Waals surface area contributed by atoms with E-state index >= 15 is 0 Å². The van der Waals surface area contributed by atoms with E-state index in [0.717, 1.165) is 25.5 Å². The van der Waals surface area contributed by atoms with Gasteiger partial charge in [0.2, 0.25) is 5.75 Å². The maximum Gasteiger partial charge on any atom is 0.350 e. The summed E-state index contributed by atoms with van der Waals surface area (Å²) < 4.78 is 37.6. The first-order chi connectivity index (χ1) is 13.1. The number of rotatable bonds is 6. The Morgan fingerprint density at radius 1 is 1.25 bits per heavy atom. The van der Waals surface area contributed by atoms with Crippen molar-refractivity contribution in [2.45, 2.75) is 19.3 Å². The van der Waals surface area contributed by atoms with Gasteiger partial charge in [0.25, 0.3) is 0 Å². The topological polar surface area (TPSA) is 139 Å². The number of methoxy groups -OCH3 is 1. The first-order valence-corrected chi connectivity index (χ1v) is 10.1. The predicted octanol–water partition coefficient (Wildman–Crippen LogP) is 1.98. The van der Waals surface area contributed by atoms with E-state index < -0.39 is 43.8 Å². The molecule has 2 unspecified atom stereocenters. The highest BCUT2D eigenvalue weighted by atomic mass is 32.2. The quantitative estimate of drug-likeness (QED) is 0.297. The SMILES string of the molecule is COc1c(OS(C)(=O)=O)ccc(C(=O)OC2=CC(=O)C3CCC2C3)c1[N+](=O)[O-]. The lowest BCUT2D eigenvalue weighted by Gasteiger charge is -2.19. The summed E-state index contributed by atoms with van der Waals surface area (Å²) in [6, 6.07) is 2.08. The minimum absolute atomic E-state index is 0.0608. The van der Waals surface area contributed by atoms with Crippen LogP contribution in [-0.4, -0.2) is 38.5 Å². The van der Waals surface area contributed by atoms with E-state index in [0.29, 0.717) is 19.3 Å². The zero-order valence-electron chi connectivity index (χ0n) is 15.0. The number of carbonyl (C=O) groups is 2. The van der Waals surface area contributed by atoms with Gasteiger partial charge in [0.15, 0.2) is 11.5 Å². The molecule has 1 aromatic rings. The number of esters is 1. The zero-order valence-corrected chi connectivity index (χ0v) is 15.9. The number of hydrogen-bond acceptors (Lipinski definition) is 9. The molecule has 3 rings (SSSR count). The third-order valence-corrected chi connectivity index (χ3v) is 5.16. The molecule has 0 aliphatic heterocycles. The Labute approximate surface area is 160 Å². The fourth-order valence-corrected chi connectivity index (χ4v) is 3.93. The fourth-order valence-electron chi connectivity index (χ4n) is 3.47. The number of ether oxygens (including phenoxy) is 2. The number of nitro benzene ring substituents is 1. The van der Waals surface area contributed by atoms with E-state index in [1.807, 2.05) is 0 Å². The average Bonchev–Trinajstić information content (AvgIpc) is 3.03.